The van der Waals surface area contributed by atoms with E-state index in [-0.39, 0.29) is 16.7 Å². The normalized spacial score (nSPS) is 17.2. The number of aromatic nitrogens is 1. The van der Waals surface area contributed by atoms with E-state index in [4.69, 9.17) is 0 Å². The summed E-state index contributed by atoms with van der Waals surface area (Å²) in [4.78, 5) is 22.3. The van der Waals surface area contributed by atoms with E-state index in [9.17, 15) is 14.9 Å². The van der Waals surface area contributed by atoms with Crippen LogP contribution in [0.1, 0.15) is 24.8 Å². The van der Waals surface area contributed by atoms with E-state index in [2.05, 4.69) is 12.6 Å². The van der Waals surface area contributed by atoms with Crippen LogP contribution in [0.4, 0.5) is 5.69 Å². The van der Waals surface area contributed by atoms with Crippen molar-refractivity contribution in [3.8, 4) is 0 Å². The Morgan fingerprint density at radius 3 is 2.67 bits per heavy atom. The number of thiol groups is 1. The van der Waals surface area contributed by atoms with Crippen LogP contribution < -0.4 is 5.56 Å². The highest BCUT2D eigenvalue weighted by Crippen LogP contribution is 2.43. The lowest BCUT2D eigenvalue weighted by molar-refractivity contribution is -0.386. The second kappa shape index (κ2) is 4.76. The van der Waals surface area contributed by atoms with Gasteiger partial charge in [0.1, 0.15) is 0 Å². The van der Waals surface area contributed by atoms with Crippen molar-refractivity contribution in [3.05, 3.63) is 38.3 Å². The van der Waals surface area contributed by atoms with Crippen molar-refractivity contribution < 1.29 is 4.92 Å². The first-order valence-electron chi connectivity index (χ1n) is 5.94. The van der Waals surface area contributed by atoms with Crippen LogP contribution in [-0.2, 0) is 6.54 Å². The second-order valence-electron chi connectivity index (χ2n) is 5.08. The monoisotopic (exact) mass is 268 g/mol. The molecule has 0 aliphatic heterocycles. The molecule has 1 fully saturated rings. The quantitative estimate of drug-likeness (QED) is 0.517. The molecule has 0 amide bonds. The van der Waals surface area contributed by atoms with Gasteiger partial charge in [-0.25, -0.2) is 0 Å². The number of hydrogen-bond acceptors (Lipinski definition) is 4. The Kier molecular flexibility index (Phi) is 3.47. The summed E-state index contributed by atoms with van der Waals surface area (Å²) in [7, 11) is 0. The largest absolute Gasteiger partial charge is 0.308 e. The summed E-state index contributed by atoms with van der Waals surface area (Å²) in [6.45, 7) is 2.11. The van der Waals surface area contributed by atoms with Crippen molar-refractivity contribution in [2.75, 3.05) is 5.75 Å². The molecule has 0 N–H and O–H groups in total. The van der Waals surface area contributed by atoms with Gasteiger partial charge in [0.25, 0.3) is 11.2 Å². The molecular formula is C12H16N2O3S. The first-order chi connectivity index (χ1) is 8.47. The highest BCUT2D eigenvalue weighted by atomic mass is 32.1. The third-order valence-electron chi connectivity index (χ3n) is 3.76. The average Bonchev–Trinajstić information content (AvgIpc) is 2.25. The molecule has 0 aromatic carbocycles. The Hall–Kier alpha value is -1.30. The fourth-order valence-corrected chi connectivity index (χ4v) is 2.79. The number of pyridine rings is 1. The standard InChI is InChI=1S/C12H16N2O3S/c1-9-5-11(15)13(6-10(9)14(16)17)7-12(8-18)3-2-4-12/h5-6,18H,2-4,7-8H2,1H3. The van der Waals surface area contributed by atoms with Crippen LogP contribution in [0.2, 0.25) is 0 Å². The molecule has 1 heterocycles. The zero-order valence-electron chi connectivity index (χ0n) is 10.3. The highest BCUT2D eigenvalue weighted by molar-refractivity contribution is 7.80. The minimum atomic E-state index is -0.445. The minimum Gasteiger partial charge on any atom is -0.308 e. The molecule has 1 aliphatic carbocycles. The van der Waals surface area contributed by atoms with E-state index < -0.39 is 4.92 Å². The molecule has 0 bridgehead atoms. The zero-order valence-corrected chi connectivity index (χ0v) is 11.2. The first kappa shape index (κ1) is 13.1. The van der Waals surface area contributed by atoms with E-state index in [0.717, 1.165) is 19.3 Å². The predicted molar refractivity (Wildman–Crippen MR) is 72.2 cm³/mol. The lowest BCUT2D eigenvalue weighted by Crippen LogP contribution is -2.39. The Morgan fingerprint density at radius 1 is 1.56 bits per heavy atom. The predicted octanol–water partition coefficient (Wildman–Crippen LogP) is 2.17. The molecule has 0 unspecified atom stereocenters. The summed E-state index contributed by atoms with van der Waals surface area (Å²) in [5.41, 5.74) is 0.278. The third kappa shape index (κ3) is 2.29. The maximum absolute atomic E-state index is 11.9. The van der Waals surface area contributed by atoms with Gasteiger partial charge >= 0.3 is 0 Å². The van der Waals surface area contributed by atoms with E-state index in [1.54, 1.807) is 6.92 Å². The molecule has 1 saturated carbocycles. The summed E-state index contributed by atoms with van der Waals surface area (Å²) in [6, 6.07) is 1.34. The summed E-state index contributed by atoms with van der Waals surface area (Å²) in [5.74, 6) is 0.709. The van der Waals surface area contributed by atoms with E-state index in [0.29, 0.717) is 17.9 Å². The van der Waals surface area contributed by atoms with Gasteiger partial charge in [-0.2, -0.15) is 12.6 Å². The van der Waals surface area contributed by atoms with Crippen LogP contribution in [0.25, 0.3) is 0 Å². The first-order valence-corrected chi connectivity index (χ1v) is 6.57. The molecule has 6 heteroatoms. The smallest absolute Gasteiger partial charge is 0.288 e. The average molecular weight is 268 g/mol. The van der Waals surface area contributed by atoms with Gasteiger partial charge in [0.2, 0.25) is 0 Å². The van der Waals surface area contributed by atoms with Crippen molar-refractivity contribution in [2.24, 2.45) is 5.41 Å². The van der Waals surface area contributed by atoms with Gasteiger partial charge in [-0.05, 0) is 30.9 Å². The van der Waals surface area contributed by atoms with Crippen molar-refractivity contribution in [3.63, 3.8) is 0 Å². The maximum atomic E-state index is 11.9. The number of aryl methyl sites for hydroxylation is 1. The van der Waals surface area contributed by atoms with Gasteiger partial charge in [-0.1, -0.05) is 6.42 Å². The van der Waals surface area contributed by atoms with Crippen molar-refractivity contribution in [2.45, 2.75) is 32.7 Å². The molecule has 1 aromatic heterocycles. The molecule has 98 valence electrons. The fraction of sp³-hybridized carbons (Fsp3) is 0.583. The molecule has 0 saturated heterocycles. The third-order valence-corrected chi connectivity index (χ3v) is 4.43. The van der Waals surface area contributed by atoms with Gasteiger partial charge in [-0.15, -0.1) is 0 Å². The fourth-order valence-electron chi connectivity index (χ4n) is 2.37. The maximum Gasteiger partial charge on any atom is 0.288 e. The summed E-state index contributed by atoms with van der Waals surface area (Å²) in [5, 5.41) is 10.9. The minimum absolute atomic E-state index is 0.00300. The van der Waals surface area contributed by atoms with Crippen LogP contribution in [0.15, 0.2) is 17.1 Å². The molecule has 0 spiro atoms. The van der Waals surface area contributed by atoms with Crippen molar-refractivity contribution in [1.29, 1.82) is 0 Å². The number of hydrogen-bond donors (Lipinski definition) is 1. The summed E-state index contributed by atoms with van der Waals surface area (Å²) < 4.78 is 1.46. The van der Waals surface area contributed by atoms with Gasteiger partial charge < -0.3 is 4.57 Å². The second-order valence-corrected chi connectivity index (χ2v) is 5.39. The number of nitro groups is 1. The van der Waals surface area contributed by atoms with Gasteiger partial charge in [0, 0.05) is 18.2 Å². The van der Waals surface area contributed by atoms with Crippen molar-refractivity contribution in [1.82, 2.24) is 4.57 Å². The highest BCUT2D eigenvalue weighted by Gasteiger charge is 2.36. The molecule has 0 atom stereocenters. The molecular weight excluding hydrogens is 252 g/mol. The van der Waals surface area contributed by atoms with Crippen LogP contribution in [-0.4, -0.2) is 15.2 Å². The Balaban J connectivity index is 2.36. The topological polar surface area (TPSA) is 65.1 Å². The Bertz CT molecular complexity index is 529. The number of rotatable bonds is 4. The zero-order chi connectivity index (χ0) is 13.3. The molecule has 0 radical (unpaired) electrons. The molecule has 2 rings (SSSR count). The molecule has 1 aliphatic rings. The Labute approximate surface area is 110 Å². The summed E-state index contributed by atoms with van der Waals surface area (Å²) in [6.07, 6.45) is 4.57. The van der Waals surface area contributed by atoms with Crippen LogP contribution in [0.5, 0.6) is 0 Å². The summed E-state index contributed by atoms with van der Waals surface area (Å²) >= 11 is 4.33. The lowest BCUT2D eigenvalue weighted by Gasteiger charge is -2.41. The van der Waals surface area contributed by atoms with E-state index >= 15 is 0 Å². The Morgan fingerprint density at radius 2 is 2.22 bits per heavy atom. The molecule has 5 nitrogen and oxygen atoms in total. The van der Waals surface area contributed by atoms with Crippen LogP contribution in [0, 0.1) is 22.5 Å². The van der Waals surface area contributed by atoms with Crippen LogP contribution >= 0.6 is 12.6 Å². The van der Waals surface area contributed by atoms with Crippen molar-refractivity contribution >= 4 is 18.3 Å². The van der Waals surface area contributed by atoms with Gasteiger partial charge in [-0.3, -0.25) is 14.9 Å². The molecule has 1 aromatic rings. The van der Waals surface area contributed by atoms with E-state index in [1.807, 2.05) is 0 Å². The van der Waals surface area contributed by atoms with Gasteiger partial charge in [0.05, 0.1) is 11.1 Å². The lowest BCUT2D eigenvalue weighted by atomic mass is 9.70. The SMILES string of the molecule is Cc1cc(=O)n(CC2(CS)CCC2)cc1[N+](=O)[O-]. The number of nitrogens with zero attached hydrogens (tertiary/aromatic N) is 2. The molecule has 18 heavy (non-hydrogen) atoms. The van der Waals surface area contributed by atoms with E-state index in [1.165, 1.54) is 16.8 Å². The van der Waals surface area contributed by atoms with Gasteiger partial charge in [0.15, 0.2) is 0 Å². The van der Waals surface area contributed by atoms with Crippen LogP contribution in [0.3, 0.4) is 0 Å².